The second-order valence-electron chi connectivity index (χ2n) is 5.73. The molecule has 0 aliphatic rings. The third-order valence-electron chi connectivity index (χ3n) is 3.93. The lowest BCUT2D eigenvalue weighted by Crippen LogP contribution is -2.31. The zero-order chi connectivity index (χ0) is 16.8. The molecule has 0 spiro atoms. The number of amides is 1. The average Bonchev–Trinajstić information content (AvgIpc) is 2.50. The van der Waals surface area contributed by atoms with Crippen LogP contribution in [0.1, 0.15) is 39.7 Å². The van der Waals surface area contributed by atoms with Gasteiger partial charge in [0, 0.05) is 0 Å². The topological polar surface area (TPSA) is 75.6 Å². The van der Waals surface area contributed by atoms with Crippen LogP contribution in [0.3, 0.4) is 0 Å². The van der Waals surface area contributed by atoms with Gasteiger partial charge in [-0.2, -0.15) is 0 Å². The molecule has 1 aromatic rings. The highest BCUT2D eigenvalue weighted by atomic mass is 16.5. The lowest BCUT2D eigenvalue weighted by Gasteiger charge is -2.25. The molecule has 0 bridgehead atoms. The number of carbonyl (C=O) groups is 2. The number of carboxylic acid groups (broad SMARTS) is 1. The molecule has 0 heterocycles. The number of aliphatic carboxylic acids is 1. The standard InChI is InChI=1S/C17H23NO4/c1-5-17(3,4)12(2)14(15(19)20)18-16(21)22-11-13-9-7-6-8-10-13/h6-10H,5,11H2,1-4H3,(H,18,21)(H,19,20). The SMILES string of the molecule is CCC(C)(C)C(C)=C(NC(=O)OCc1ccccc1)C(=O)O. The Morgan fingerprint density at radius 3 is 2.32 bits per heavy atom. The van der Waals surface area contributed by atoms with Crippen molar-refractivity contribution in [3.05, 3.63) is 47.2 Å². The van der Waals surface area contributed by atoms with E-state index in [1.807, 2.05) is 51.1 Å². The maximum atomic E-state index is 11.8. The highest BCUT2D eigenvalue weighted by Crippen LogP contribution is 2.31. The summed E-state index contributed by atoms with van der Waals surface area (Å²) in [6, 6.07) is 9.20. The summed E-state index contributed by atoms with van der Waals surface area (Å²) in [7, 11) is 0. The first-order chi connectivity index (χ1) is 10.3. The summed E-state index contributed by atoms with van der Waals surface area (Å²) in [4.78, 5) is 23.2. The van der Waals surface area contributed by atoms with Crippen molar-refractivity contribution in [2.45, 2.75) is 40.7 Å². The number of carboxylic acids is 1. The first-order valence-corrected chi connectivity index (χ1v) is 7.20. The van der Waals surface area contributed by atoms with Gasteiger partial charge in [-0.15, -0.1) is 0 Å². The quantitative estimate of drug-likeness (QED) is 0.786. The van der Waals surface area contributed by atoms with Crippen molar-refractivity contribution in [3.8, 4) is 0 Å². The molecular weight excluding hydrogens is 282 g/mol. The van der Waals surface area contributed by atoms with Crippen LogP contribution in [-0.4, -0.2) is 17.2 Å². The van der Waals surface area contributed by atoms with E-state index in [1.165, 1.54) is 0 Å². The van der Waals surface area contributed by atoms with Crippen LogP contribution in [0, 0.1) is 5.41 Å². The lowest BCUT2D eigenvalue weighted by atomic mass is 9.81. The zero-order valence-electron chi connectivity index (χ0n) is 13.5. The van der Waals surface area contributed by atoms with E-state index in [-0.39, 0.29) is 17.7 Å². The van der Waals surface area contributed by atoms with E-state index in [2.05, 4.69) is 5.32 Å². The number of ether oxygens (including phenoxy) is 1. The molecule has 0 atom stereocenters. The number of hydrogen-bond donors (Lipinski definition) is 2. The summed E-state index contributed by atoms with van der Waals surface area (Å²) in [5, 5.41) is 11.7. The summed E-state index contributed by atoms with van der Waals surface area (Å²) in [6.07, 6.45) is -0.0106. The Balaban J connectivity index is 2.77. The first-order valence-electron chi connectivity index (χ1n) is 7.20. The van der Waals surface area contributed by atoms with Gasteiger partial charge < -0.3 is 9.84 Å². The third-order valence-corrected chi connectivity index (χ3v) is 3.93. The normalized spacial score (nSPS) is 12.4. The molecule has 0 saturated heterocycles. The van der Waals surface area contributed by atoms with Crippen LogP contribution < -0.4 is 5.32 Å². The maximum Gasteiger partial charge on any atom is 0.412 e. The summed E-state index contributed by atoms with van der Waals surface area (Å²) < 4.78 is 5.06. The van der Waals surface area contributed by atoms with Crippen molar-refractivity contribution >= 4 is 12.1 Å². The van der Waals surface area contributed by atoms with Gasteiger partial charge in [-0.05, 0) is 29.9 Å². The summed E-state index contributed by atoms with van der Waals surface area (Å²) in [5.74, 6) is -1.17. The molecule has 0 radical (unpaired) electrons. The Morgan fingerprint density at radius 1 is 1.23 bits per heavy atom. The molecule has 120 valence electrons. The maximum absolute atomic E-state index is 11.8. The van der Waals surface area contributed by atoms with Gasteiger partial charge >= 0.3 is 12.1 Å². The van der Waals surface area contributed by atoms with E-state index in [1.54, 1.807) is 6.92 Å². The monoisotopic (exact) mass is 305 g/mol. The van der Waals surface area contributed by atoms with E-state index in [9.17, 15) is 14.7 Å². The van der Waals surface area contributed by atoms with E-state index in [0.29, 0.717) is 5.57 Å². The molecule has 0 aliphatic carbocycles. The van der Waals surface area contributed by atoms with E-state index < -0.39 is 12.1 Å². The minimum atomic E-state index is -1.17. The van der Waals surface area contributed by atoms with Crippen molar-refractivity contribution in [1.82, 2.24) is 5.32 Å². The number of nitrogens with one attached hydrogen (secondary N) is 1. The first kappa shape index (κ1) is 17.8. The Hall–Kier alpha value is -2.30. The van der Waals surface area contributed by atoms with E-state index in [4.69, 9.17) is 4.74 Å². The van der Waals surface area contributed by atoms with Gasteiger partial charge in [0.1, 0.15) is 12.3 Å². The summed E-state index contributed by atoms with van der Waals surface area (Å²) >= 11 is 0. The third kappa shape index (κ3) is 4.91. The Kier molecular flexibility index (Phi) is 6.16. The lowest BCUT2D eigenvalue weighted by molar-refractivity contribution is -0.133. The smallest absolute Gasteiger partial charge is 0.412 e. The summed E-state index contributed by atoms with van der Waals surface area (Å²) in [5.41, 5.74) is 1.01. The van der Waals surface area contributed by atoms with Gasteiger partial charge in [0.25, 0.3) is 0 Å². The van der Waals surface area contributed by atoms with Gasteiger partial charge in [0.05, 0.1) is 0 Å². The van der Waals surface area contributed by atoms with Gasteiger partial charge in [-0.3, -0.25) is 5.32 Å². The van der Waals surface area contributed by atoms with Crippen LogP contribution in [0.4, 0.5) is 4.79 Å². The Bertz CT molecular complexity index is 561. The highest BCUT2D eigenvalue weighted by Gasteiger charge is 2.25. The number of rotatable bonds is 6. The molecule has 1 rings (SSSR count). The van der Waals surface area contributed by atoms with Crippen molar-refractivity contribution < 1.29 is 19.4 Å². The predicted octanol–water partition coefficient (Wildman–Crippen LogP) is 3.71. The van der Waals surface area contributed by atoms with E-state index in [0.717, 1.165) is 12.0 Å². The molecule has 0 aromatic heterocycles. The summed E-state index contributed by atoms with van der Waals surface area (Å²) in [6.45, 7) is 7.64. The molecule has 22 heavy (non-hydrogen) atoms. The molecule has 5 nitrogen and oxygen atoms in total. The van der Waals surface area contributed by atoms with Crippen LogP contribution in [0.5, 0.6) is 0 Å². The molecule has 1 aromatic carbocycles. The number of alkyl carbamates (subject to hydrolysis) is 1. The second-order valence-corrected chi connectivity index (χ2v) is 5.73. The average molecular weight is 305 g/mol. The van der Waals surface area contributed by atoms with E-state index >= 15 is 0 Å². The molecular formula is C17H23NO4. The van der Waals surface area contributed by atoms with Crippen molar-refractivity contribution in [1.29, 1.82) is 0 Å². The molecule has 0 aliphatic heterocycles. The molecule has 1 amide bonds. The van der Waals surface area contributed by atoms with Crippen molar-refractivity contribution in [2.75, 3.05) is 0 Å². The largest absolute Gasteiger partial charge is 0.477 e. The minimum Gasteiger partial charge on any atom is -0.477 e. The minimum absolute atomic E-state index is 0.0930. The van der Waals surface area contributed by atoms with Crippen LogP contribution in [0.2, 0.25) is 0 Å². The van der Waals surface area contributed by atoms with Gasteiger partial charge in [0.15, 0.2) is 0 Å². The van der Waals surface area contributed by atoms with Crippen molar-refractivity contribution in [2.24, 2.45) is 5.41 Å². The van der Waals surface area contributed by atoms with Crippen LogP contribution >= 0.6 is 0 Å². The highest BCUT2D eigenvalue weighted by molar-refractivity contribution is 5.91. The van der Waals surface area contributed by atoms with Crippen LogP contribution in [-0.2, 0) is 16.1 Å². The Labute approximate surface area is 131 Å². The molecule has 2 N–H and O–H groups in total. The molecule has 0 unspecified atom stereocenters. The second kappa shape index (κ2) is 7.64. The molecule has 0 saturated carbocycles. The number of carbonyl (C=O) groups excluding carboxylic acids is 1. The van der Waals surface area contributed by atoms with Gasteiger partial charge in [-0.25, -0.2) is 9.59 Å². The fourth-order valence-electron chi connectivity index (χ4n) is 1.77. The molecule has 0 fully saturated rings. The predicted molar refractivity (Wildman–Crippen MR) is 84.2 cm³/mol. The van der Waals surface area contributed by atoms with Crippen LogP contribution in [0.15, 0.2) is 41.6 Å². The fraction of sp³-hybridized carbons (Fsp3) is 0.412. The van der Waals surface area contributed by atoms with Gasteiger partial charge in [-0.1, -0.05) is 51.1 Å². The number of hydrogen-bond acceptors (Lipinski definition) is 3. The molecule has 5 heteroatoms. The number of benzene rings is 1. The van der Waals surface area contributed by atoms with Gasteiger partial charge in [0.2, 0.25) is 0 Å². The van der Waals surface area contributed by atoms with Crippen molar-refractivity contribution in [3.63, 3.8) is 0 Å². The van der Waals surface area contributed by atoms with Crippen LogP contribution in [0.25, 0.3) is 0 Å². The number of allylic oxidation sites excluding steroid dienone is 1. The zero-order valence-corrected chi connectivity index (χ0v) is 13.5. The Morgan fingerprint density at radius 2 is 1.82 bits per heavy atom. The fourth-order valence-corrected chi connectivity index (χ4v) is 1.77.